The van der Waals surface area contributed by atoms with Crippen LogP contribution in [-0.4, -0.2) is 28.9 Å². The molecule has 0 fully saturated rings. The van der Waals surface area contributed by atoms with E-state index in [-0.39, 0.29) is 0 Å². The van der Waals surface area contributed by atoms with E-state index in [4.69, 9.17) is 16.9 Å². The third kappa shape index (κ3) is 6.58. The van der Waals surface area contributed by atoms with Crippen LogP contribution in [0.4, 0.5) is 0 Å². The number of hydrogen-bond donors (Lipinski definition) is 0. The Morgan fingerprint density at radius 3 is 2.83 bits per heavy atom. The summed E-state index contributed by atoms with van der Waals surface area (Å²) in [5, 5.41) is 8.68. The number of alkyl halides is 1. The Kier molecular flexibility index (Phi) is 8.20. The fourth-order valence-corrected chi connectivity index (χ4v) is 2.02. The Hall–Kier alpha value is -1.11. The zero-order valence-electron chi connectivity index (χ0n) is 10.7. The fraction of sp³-hybridized carbons (Fsp3) is 0.571. The smallest absolute Gasteiger partial charge is 0.0635 e. The summed E-state index contributed by atoms with van der Waals surface area (Å²) < 4.78 is 0. The normalized spacial score (nSPS) is 10.5. The molecule has 0 saturated carbocycles. The van der Waals surface area contributed by atoms with Crippen molar-refractivity contribution in [3.63, 3.8) is 0 Å². The Labute approximate surface area is 114 Å². The summed E-state index contributed by atoms with van der Waals surface area (Å²) in [7, 11) is 0. The van der Waals surface area contributed by atoms with Gasteiger partial charge in [-0.1, -0.05) is 12.5 Å². The average Bonchev–Trinajstić information content (AvgIpc) is 2.41. The summed E-state index contributed by atoms with van der Waals surface area (Å²) in [6, 6.07) is 6.23. The van der Waals surface area contributed by atoms with Crippen molar-refractivity contribution in [1.29, 1.82) is 5.26 Å². The van der Waals surface area contributed by atoms with E-state index in [0.717, 1.165) is 44.8 Å². The number of nitrogens with zero attached hydrogens (tertiary/aromatic N) is 3. The van der Waals surface area contributed by atoms with Crippen LogP contribution in [0.1, 0.15) is 31.2 Å². The lowest BCUT2D eigenvalue weighted by Gasteiger charge is -2.20. The number of aromatic nitrogens is 1. The Morgan fingerprint density at radius 2 is 2.17 bits per heavy atom. The second-order valence-corrected chi connectivity index (χ2v) is 4.67. The molecule has 0 unspecified atom stereocenters. The molecule has 3 nitrogen and oxygen atoms in total. The SMILES string of the molecule is N#CCCN(CCCCCCl)Cc1cccnc1. The van der Waals surface area contributed by atoms with Gasteiger partial charge in [-0.2, -0.15) is 5.26 Å². The van der Waals surface area contributed by atoms with E-state index in [1.165, 1.54) is 5.56 Å². The maximum atomic E-state index is 8.68. The van der Waals surface area contributed by atoms with Crippen LogP contribution in [0.3, 0.4) is 0 Å². The molecule has 4 heteroatoms. The fourth-order valence-electron chi connectivity index (χ4n) is 1.83. The van der Waals surface area contributed by atoms with Gasteiger partial charge in [0.15, 0.2) is 0 Å². The quantitative estimate of drug-likeness (QED) is 0.508. The molecule has 0 aromatic carbocycles. The van der Waals surface area contributed by atoms with Gasteiger partial charge in [-0.3, -0.25) is 9.88 Å². The van der Waals surface area contributed by atoms with E-state index in [0.29, 0.717) is 6.42 Å². The molecule has 1 heterocycles. The first-order valence-corrected chi connectivity index (χ1v) is 6.94. The molecule has 1 aromatic rings. The number of pyridine rings is 1. The number of halogens is 1. The van der Waals surface area contributed by atoms with Gasteiger partial charge in [-0.25, -0.2) is 0 Å². The molecule has 0 amide bonds. The van der Waals surface area contributed by atoms with Gasteiger partial charge in [0.2, 0.25) is 0 Å². The molecule has 0 saturated heterocycles. The van der Waals surface area contributed by atoms with Crippen molar-refractivity contribution >= 4 is 11.6 Å². The third-order valence-corrected chi connectivity index (χ3v) is 3.04. The lowest BCUT2D eigenvalue weighted by Crippen LogP contribution is -2.25. The van der Waals surface area contributed by atoms with Crippen LogP contribution in [0.15, 0.2) is 24.5 Å². The first-order valence-electron chi connectivity index (χ1n) is 6.41. The van der Waals surface area contributed by atoms with E-state index in [9.17, 15) is 0 Å². The molecule has 0 aliphatic rings. The second-order valence-electron chi connectivity index (χ2n) is 4.30. The average molecular weight is 266 g/mol. The van der Waals surface area contributed by atoms with Gasteiger partial charge in [0, 0.05) is 37.8 Å². The number of unbranched alkanes of at least 4 members (excludes halogenated alkanes) is 2. The van der Waals surface area contributed by atoms with E-state index in [2.05, 4.69) is 22.0 Å². The molecular weight excluding hydrogens is 246 g/mol. The van der Waals surface area contributed by atoms with Crippen molar-refractivity contribution < 1.29 is 0 Å². The van der Waals surface area contributed by atoms with Crippen LogP contribution in [0.5, 0.6) is 0 Å². The van der Waals surface area contributed by atoms with Crippen LogP contribution < -0.4 is 0 Å². The number of nitriles is 1. The predicted molar refractivity (Wildman–Crippen MR) is 74.3 cm³/mol. The highest BCUT2D eigenvalue weighted by Crippen LogP contribution is 2.06. The van der Waals surface area contributed by atoms with E-state index in [1.54, 1.807) is 6.20 Å². The molecular formula is C14H20ClN3. The third-order valence-electron chi connectivity index (χ3n) is 2.78. The van der Waals surface area contributed by atoms with Gasteiger partial charge in [0.25, 0.3) is 0 Å². The Balaban J connectivity index is 2.37. The highest BCUT2D eigenvalue weighted by atomic mass is 35.5. The minimum Gasteiger partial charge on any atom is -0.298 e. The van der Waals surface area contributed by atoms with Crippen LogP contribution in [0, 0.1) is 11.3 Å². The molecule has 0 spiro atoms. The van der Waals surface area contributed by atoms with Crippen LogP contribution in [-0.2, 0) is 6.54 Å². The van der Waals surface area contributed by atoms with E-state index < -0.39 is 0 Å². The molecule has 18 heavy (non-hydrogen) atoms. The summed E-state index contributed by atoms with van der Waals surface area (Å²) in [6.45, 7) is 2.72. The minimum absolute atomic E-state index is 0.579. The molecule has 1 rings (SSSR count). The van der Waals surface area contributed by atoms with Crippen molar-refractivity contribution in [3.8, 4) is 6.07 Å². The van der Waals surface area contributed by atoms with E-state index >= 15 is 0 Å². The molecule has 0 radical (unpaired) electrons. The first kappa shape index (κ1) is 14.9. The highest BCUT2D eigenvalue weighted by Gasteiger charge is 2.05. The van der Waals surface area contributed by atoms with Gasteiger partial charge in [-0.15, -0.1) is 11.6 Å². The monoisotopic (exact) mass is 265 g/mol. The summed E-state index contributed by atoms with van der Waals surface area (Å²) >= 11 is 5.67. The van der Waals surface area contributed by atoms with Crippen LogP contribution in [0.2, 0.25) is 0 Å². The maximum absolute atomic E-state index is 8.68. The molecule has 98 valence electrons. The zero-order valence-corrected chi connectivity index (χ0v) is 11.4. The van der Waals surface area contributed by atoms with Crippen molar-refractivity contribution in [3.05, 3.63) is 30.1 Å². The van der Waals surface area contributed by atoms with Gasteiger partial charge in [-0.05, 0) is 31.0 Å². The van der Waals surface area contributed by atoms with Crippen molar-refractivity contribution in [2.75, 3.05) is 19.0 Å². The zero-order chi connectivity index (χ0) is 13.1. The van der Waals surface area contributed by atoms with Crippen molar-refractivity contribution in [1.82, 2.24) is 9.88 Å². The number of rotatable bonds is 9. The second kappa shape index (κ2) is 9.87. The standard InChI is InChI=1S/C14H20ClN3/c15-7-2-1-3-10-18(11-5-8-16)13-14-6-4-9-17-12-14/h4,6,9,12H,1-3,5,7,10-11,13H2. The predicted octanol–water partition coefficient (Wildman–Crippen LogP) is 3.21. The lowest BCUT2D eigenvalue weighted by atomic mass is 10.2. The van der Waals surface area contributed by atoms with Gasteiger partial charge >= 0.3 is 0 Å². The summed E-state index contributed by atoms with van der Waals surface area (Å²) in [6.07, 6.45) is 7.61. The molecule has 0 atom stereocenters. The Morgan fingerprint density at radius 1 is 1.28 bits per heavy atom. The summed E-state index contributed by atoms with van der Waals surface area (Å²) in [5.74, 6) is 0.737. The molecule has 0 bridgehead atoms. The Bertz CT molecular complexity index is 348. The van der Waals surface area contributed by atoms with Crippen LogP contribution in [0.25, 0.3) is 0 Å². The summed E-state index contributed by atoms with van der Waals surface area (Å²) in [5.41, 5.74) is 1.20. The molecule has 0 aliphatic carbocycles. The van der Waals surface area contributed by atoms with Gasteiger partial charge in [0.1, 0.15) is 0 Å². The maximum Gasteiger partial charge on any atom is 0.0635 e. The van der Waals surface area contributed by atoms with Crippen molar-refractivity contribution in [2.45, 2.75) is 32.2 Å². The van der Waals surface area contributed by atoms with Crippen molar-refractivity contribution in [2.24, 2.45) is 0 Å². The topological polar surface area (TPSA) is 39.9 Å². The molecule has 1 aromatic heterocycles. The lowest BCUT2D eigenvalue weighted by molar-refractivity contribution is 0.265. The van der Waals surface area contributed by atoms with Gasteiger partial charge in [0.05, 0.1) is 6.07 Å². The van der Waals surface area contributed by atoms with Crippen LogP contribution >= 0.6 is 11.6 Å². The highest BCUT2D eigenvalue weighted by molar-refractivity contribution is 6.17. The number of hydrogen-bond acceptors (Lipinski definition) is 3. The minimum atomic E-state index is 0.579. The molecule has 0 N–H and O–H groups in total. The molecule has 0 aliphatic heterocycles. The van der Waals surface area contributed by atoms with E-state index in [1.807, 2.05) is 12.3 Å². The largest absolute Gasteiger partial charge is 0.298 e. The summed E-state index contributed by atoms with van der Waals surface area (Å²) in [4.78, 5) is 6.43. The van der Waals surface area contributed by atoms with Gasteiger partial charge < -0.3 is 0 Å². The first-order chi connectivity index (χ1) is 8.86.